The molecule has 0 aliphatic rings. The molecule has 0 unspecified atom stereocenters. The Morgan fingerprint density at radius 2 is 2.33 bits per heavy atom. The first-order valence-corrected chi connectivity index (χ1v) is 6.25. The fourth-order valence-corrected chi connectivity index (χ4v) is 1.55. The Hall–Kier alpha value is -1.33. The molecule has 1 N–H and O–H groups in total. The van der Waals surface area contributed by atoms with Gasteiger partial charge in [0.1, 0.15) is 6.54 Å². The summed E-state index contributed by atoms with van der Waals surface area (Å²) in [6.07, 6.45) is 3.94. The highest BCUT2D eigenvalue weighted by atomic mass is 16.5. The minimum atomic E-state index is 0.131. The molecule has 0 spiro atoms. The summed E-state index contributed by atoms with van der Waals surface area (Å²) < 4.78 is 6.88. The number of hydrogen-bond donors (Lipinski definition) is 1. The van der Waals surface area contributed by atoms with Crippen LogP contribution in [0.1, 0.15) is 12.5 Å². The van der Waals surface area contributed by atoms with Crippen LogP contribution in [0.2, 0.25) is 0 Å². The monoisotopic (exact) mass is 253 g/mol. The van der Waals surface area contributed by atoms with E-state index in [0.29, 0.717) is 13.2 Å². The molecule has 5 heteroatoms. The van der Waals surface area contributed by atoms with Crippen LogP contribution in [0.3, 0.4) is 0 Å². The summed E-state index contributed by atoms with van der Waals surface area (Å²) in [6.45, 7) is 5.46. The molecule has 1 aromatic rings. The average molecular weight is 253 g/mol. The molecular formula is C13H23N3O2. The topological polar surface area (TPSA) is 46.5 Å². The van der Waals surface area contributed by atoms with Crippen molar-refractivity contribution in [3.63, 3.8) is 0 Å². The highest BCUT2D eigenvalue weighted by Crippen LogP contribution is 2.01. The molecule has 5 nitrogen and oxygen atoms in total. The van der Waals surface area contributed by atoms with Crippen molar-refractivity contribution in [2.75, 3.05) is 33.9 Å². The summed E-state index contributed by atoms with van der Waals surface area (Å²) in [7, 11) is 3.51. The maximum Gasteiger partial charge on any atom is 0.242 e. The number of nitrogens with one attached hydrogen (secondary N) is 1. The first-order chi connectivity index (χ1) is 8.67. The van der Waals surface area contributed by atoms with Gasteiger partial charge in [0.2, 0.25) is 5.91 Å². The van der Waals surface area contributed by atoms with Gasteiger partial charge in [0, 0.05) is 46.2 Å². The van der Waals surface area contributed by atoms with E-state index in [4.69, 9.17) is 4.74 Å². The molecule has 1 amide bonds. The van der Waals surface area contributed by atoms with Crippen LogP contribution in [-0.4, -0.2) is 49.2 Å². The fourth-order valence-electron chi connectivity index (χ4n) is 1.55. The first-order valence-electron chi connectivity index (χ1n) is 6.25. The molecule has 1 rings (SSSR count). The SMILES string of the molecule is CCN(C)C(=O)Cn1ccc(CNCCOC)c1. The Labute approximate surface area is 109 Å². The zero-order valence-corrected chi connectivity index (χ0v) is 11.5. The largest absolute Gasteiger partial charge is 0.383 e. The molecule has 102 valence electrons. The number of nitrogens with zero attached hydrogens (tertiary/aromatic N) is 2. The van der Waals surface area contributed by atoms with Gasteiger partial charge < -0.3 is 19.5 Å². The predicted molar refractivity (Wildman–Crippen MR) is 71.3 cm³/mol. The van der Waals surface area contributed by atoms with Crippen molar-refractivity contribution in [2.45, 2.75) is 20.0 Å². The van der Waals surface area contributed by atoms with Crippen LogP contribution in [-0.2, 0) is 22.6 Å². The van der Waals surface area contributed by atoms with Gasteiger partial charge in [0.15, 0.2) is 0 Å². The maximum atomic E-state index is 11.7. The van der Waals surface area contributed by atoms with Gasteiger partial charge >= 0.3 is 0 Å². The molecule has 0 aliphatic heterocycles. The Bertz CT molecular complexity index is 363. The van der Waals surface area contributed by atoms with Crippen molar-refractivity contribution in [3.05, 3.63) is 24.0 Å². The molecule has 0 saturated carbocycles. The molecule has 0 saturated heterocycles. The van der Waals surface area contributed by atoms with E-state index < -0.39 is 0 Å². The summed E-state index contributed by atoms with van der Waals surface area (Å²) in [5, 5.41) is 3.27. The Balaban J connectivity index is 2.36. The third-order valence-corrected chi connectivity index (χ3v) is 2.84. The maximum absolute atomic E-state index is 11.7. The van der Waals surface area contributed by atoms with Gasteiger partial charge in [-0.05, 0) is 18.6 Å². The van der Waals surface area contributed by atoms with E-state index >= 15 is 0 Å². The quantitative estimate of drug-likeness (QED) is 0.694. The Kier molecular flexibility index (Phi) is 6.46. The van der Waals surface area contributed by atoms with Crippen LogP contribution in [0.4, 0.5) is 0 Å². The Morgan fingerprint density at radius 3 is 3.00 bits per heavy atom. The number of methoxy groups -OCH3 is 1. The van der Waals surface area contributed by atoms with Gasteiger partial charge in [0.05, 0.1) is 6.61 Å². The lowest BCUT2D eigenvalue weighted by Crippen LogP contribution is -2.29. The zero-order chi connectivity index (χ0) is 13.4. The van der Waals surface area contributed by atoms with Crippen molar-refractivity contribution in [1.82, 2.24) is 14.8 Å². The highest BCUT2D eigenvalue weighted by molar-refractivity contribution is 5.75. The summed E-state index contributed by atoms with van der Waals surface area (Å²) in [4.78, 5) is 13.4. The molecule has 0 aliphatic carbocycles. The molecule has 1 heterocycles. The van der Waals surface area contributed by atoms with Gasteiger partial charge in [-0.1, -0.05) is 0 Å². The second-order valence-electron chi connectivity index (χ2n) is 4.27. The van der Waals surface area contributed by atoms with Gasteiger partial charge in [-0.2, -0.15) is 0 Å². The van der Waals surface area contributed by atoms with Gasteiger partial charge in [-0.15, -0.1) is 0 Å². The Morgan fingerprint density at radius 1 is 1.56 bits per heavy atom. The number of carbonyl (C=O) groups is 1. The molecule has 0 bridgehead atoms. The third-order valence-electron chi connectivity index (χ3n) is 2.84. The molecule has 0 fully saturated rings. The fraction of sp³-hybridized carbons (Fsp3) is 0.615. The zero-order valence-electron chi connectivity index (χ0n) is 11.5. The lowest BCUT2D eigenvalue weighted by atomic mass is 10.3. The summed E-state index contributed by atoms with van der Waals surface area (Å²) in [6, 6.07) is 2.03. The predicted octanol–water partition coefficient (Wildman–Crippen LogP) is 0.702. The number of hydrogen-bond acceptors (Lipinski definition) is 3. The second kappa shape index (κ2) is 7.89. The van der Waals surface area contributed by atoms with Crippen molar-refractivity contribution >= 4 is 5.91 Å². The number of amides is 1. The van der Waals surface area contributed by atoms with Crippen molar-refractivity contribution in [3.8, 4) is 0 Å². The number of ether oxygens (including phenoxy) is 1. The van der Waals surface area contributed by atoms with E-state index in [0.717, 1.165) is 19.6 Å². The van der Waals surface area contributed by atoms with E-state index in [1.807, 2.05) is 37.0 Å². The minimum Gasteiger partial charge on any atom is -0.383 e. The second-order valence-corrected chi connectivity index (χ2v) is 4.27. The third kappa shape index (κ3) is 4.89. The number of likely N-dealkylation sites (N-methyl/N-ethyl adjacent to an activating group) is 1. The molecule has 18 heavy (non-hydrogen) atoms. The molecular weight excluding hydrogens is 230 g/mol. The molecule has 0 radical (unpaired) electrons. The van der Waals surface area contributed by atoms with Gasteiger partial charge in [-0.25, -0.2) is 0 Å². The number of aromatic nitrogens is 1. The van der Waals surface area contributed by atoms with Crippen LogP contribution in [0.25, 0.3) is 0 Å². The first kappa shape index (κ1) is 14.7. The lowest BCUT2D eigenvalue weighted by molar-refractivity contribution is -0.130. The van der Waals surface area contributed by atoms with E-state index in [1.54, 1.807) is 12.0 Å². The van der Waals surface area contributed by atoms with Crippen molar-refractivity contribution in [2.24, 2.45) is 0 Å². The lowest BCUT2D eigenvalue weighted by Gasteiger charge is -2.14. The van der Waals surface area contributed by atoms with Crippen molar-refractivity contribution < 1.29 is 9.53 Å². The standard InChI is InChI=1S/C13H23N3O2/c1-4-15(2)13(17)11-16-7-5-12(10-16)9-14-6-8-18-3/h5,7,10,14H,4,6,8-9,11H2,1-3H3. The molecule has 0 aromatic carbocycles. The van der Waals surface area contributed by atoms with Gasteiger partial charge in [-0.3, -0.25) is 4.79 Å². The van der Waals surface area contributed by atoms with Gasteiger partial charge in [0.25, 0.3) is 0 Å². The number of carbonyl (C=O) groups excluding carboxylic acids is 1. The van der Waals surface area contributed by atoms with E-state index in [2.05, 4.69) is 5.32 Å². The van der Waals surface area contributed by atoms with Crippen molar-refractivity contribution in [1.29, 1.82) is 0 Å². The van der Waals surface area contributed by atoms with Crippen LogP contribution < -0.4 is 5.32 Å². The van der Waals surface area contributed by atoms with Crippen LogP contribution in [0.5, 0.6) is 0 Å². The summed E-state index contributed by atoms with van der Waals surface area (Å²) >= 11 is 0. The smallest absolute Gasteiger partial charge is 0.242 e. The molecule has 0 atom stereocenters. The minimum absolute atomic E-state index is 0.131. The average Bonchev–Trinajstić information content (AvgIpc) is 2.81. The highest BCUT2D eigenvalue weighted by Gasteiger charge is 2.07. The number of rotatable bonds is 8. The van der Waals surface area contributed by atoms with Crippen LogP contribution >= 0.6 is 0 Å². The van der Waals surface area contributed by atoms with E-state index in [9.17, 15) is 4.79 Å². The molecule has 1 aromatic heterocycles. The summed E-state index contributed by atoms with van der Waals surface area (Å²) in [5.74, 6) is 0.131. The summed E-state index contributed by atoms with van der Waals surface area (Å²) in [5.41, 5.74) is 1.18. The van der Waals surface area contributed by atoms with Crippen LogP contribution in [0.15, 0.2) is 18.5 Å². The van der Waals surface area contributed by atoms with E-state index in [1.165, 1.54) is 5.56 Å². The van der Waals surface area contributed by atoms with E-state index in [-0.39, 0.29) is 5.91 Å². The normalized spacial score (nSPS) is 10.6. The van der Waals surface area contributed by atoms with Crippen LogP contribution in [0, 0.1) is 0 Å².